The van der Waals surface area contributed by atoms with E-state index >= 15 is 0 Å². The fourth-order valence-electron chi connectivity index (χ4n) is 1.40. The smallest absolute Gasteiger partial charge is 0.119 e. The molecule has 2 rings (SSSR count). The lowest BCUT2D eigenvalue weighted by Gasteiger charge is -1.99. The second kappa shape index (κ2) is 5.12. The van der Waals surface area contributed by atoms with E-state index in [1.54, 1.807) is 13.3 Å². The van der Waals surface area contributed by atoms with Gasteiger partial charge in [0.15, 0.2) is 0 Å². The van der Waals surface area contributed by atoms with Crippen LogP contribution in [0.4, 0.5) is 0 Å². The highest BCUT2D eigenvalue weighted by atomic mass is 16.5. The van der Waals surface area contributed by atoms with Gasteiger partial charge in [-0.3, -0.25) is 4.98 Å². The van der Waals surface area contributed by atoms with Gasteiger partial charge in [-0.1, -0.05) is 24.3 Å². The van der Waals surface area contributed by atoms with E-state index in [4.69, 9.17) is 4.74 Å². The molecular formula is C14H13NO. The number of benzene rings is 1. The Bertz CT molecular complexity index is 477. The van der Waals surface area contributed by atoms with Crippen molar-refractivity contribution in [3.05, 3.63) is 59.9 Å². The molecule has 0 N–H and O–H groups in total. The van der Waals surface area contributed by atoms with Crippen molar-refractivity contribution in [2.75, 3.05) is 7.11 Å². The van der Waals surface area contributed by atoms with Crippen molar-refractivity contribution in [3.63, 3.8) is 0 Å². The Hall–Kier alpha value is -2.09. The summed E-state index contributed by atoms with van der Waals surface area (Å²) < 4.78 is 5.16. The van der Waals surface area contributed by atoms with E-state index < -0.39 is 0 Å². The normalized spacial score (nSPS) is 10.6. The molecule has 0 aliphatic rings. The summed E-state index contributed by atoms with van der Waals surface area (Å²) in [6.07, 6.45) is 5.78. The predicted octanol–water partition coefficient (Wildman–Crippen LogP) is 3.26. The van der Waals surface area contributed by atoms with Gasteiger partial charge in [0.2, 0.25) is 0 Å². The number of rotatable bonds is 3. The highest BCUT2D eigenvalue weighted by Crippen LogP contribution is 2.14. The molecule has 0 fully saturated rings. The van der Waals surface area contributed by atoms with E-state index in [0.29, 0.717) is 0 Å². The summed E-state index contributed by atoms with van der Waals surface area (Å²) in [4.78, 5) is 4.22. The summed E-state index contributed by atoms with van der Waals surface area (Å²) in [5.74, 6) is 0.864. The van der Waals surface area contributed by atoms with E-state index in [0.717, 1.165) is 17.0 Å². The summed E-state index contributed by atoms with van der Waals surface area (Å²) in [6, 6.07) is 13.8. The number of methoxy groups -OCH3 is 1. The van der Waals surface area contributed by atoms with Gasteiger partial charge in [0, 0.05) is 6.20 Å². The van der Waals surface area contributed by atoms with Crippen molar-refractivity contribution in [3.8, 4) is 5.75 Å². The Kier molecular flexibility index (Phi) is 3.34. The van der Waals surface area contributed by atoms with Crippen LogP contribution < -0.4 is 4.74 Å². The zero-order valence-corrected chi connectivity index (χ0v) is 9.13. The highest BCUT2D eigenvalue weighted by Gasteiger charge is 1.91. The molecule has 2 nitrogen and oxygen atoms in total. The molecule has 0 spiro atoms. The molecule has 0 amide bonds. The van der Waals surface area contributed by atoms with Crippen molar-refractivity contribution in [1.29, 1.82) is 0 Å². The second-order valence-electron chi connectivity index (χ2n) is 3.36. The molecule has 0 aliphatic carbocycles. The molecule has 0 aliphatic heterocycles. The number of hydrogen-bond acceptors (Lipinski definition) is 2. The molecule has 16 heavy (non-hydrogen) atoms. The van der Waals surface area contributed by atoms with Gasteiger partial charge in [-0.2, -0.15) is 0 Å². The Morgan fingerprint density at radius 1 is 1.06 bits per heavy atom. The number of aromatic nitrogens is 1. The first-order valence-electron chi connectivity index (χ1n) is 5.11. The molecule has 1 heterocycles. The number of hydrogen-bond donors (Lipinski definition) is 0. The average molecular weight is 211 g/mol. The van der Waals surface area contributed by atoms with Gasteiger partial charge in [0.25, 0.3) is 0 Å². The van der Waals surface area contributed by atoms with Crippen LogP contribution in [0, 0.1) is 0 Å². The Labute approximate surface area is 95.2 Å². The monoisotopic (exact) mass is 211 g/mol. The zero-order valence-electron chi connectivity index (χ0n) is 9.13. The van der Waals surface area contributed by atoms with Crippen molar-refractivity contribution >= 4 is 12.2 Å². The lowest BCUT2D eigenvalue weighted by Crippen LogP contribution is -1.82. The maximum absolute atomic E-state index is 5.16. The van der Waals surface area contributed by atoms with Crippen molar-refractivity contribution in [2.24, 2.45) is 0 Å². The average Bonchev–Trinajstić information content (AvgIpc) is 2.38. The zero-order chi connectivity index (χ0) is 11.2. The van der Waals surface area contributed by atoms with Crippen LogP contribution in [0.25, 0.3) is 12.2 Å². The van der Waals surface area contributed by atoms with Gasteiger partial charge < -0.3 is 4.74 Å². The molecule has 0 saturated carbocycles. The van der Waals surface area contributed by atoms with Gasteiger partial charge in [-0.25, -0.2) is 0 Å². The van der Waals surface area contributed by atoms with Crippen molar-refractivity contribution in [2.45, 2.75) is 0 Å². The summed E-state index contributed by atoms with van der Waals surface area (Å²) >= 11 is 0. The van der Waals surface area contributed by atoms with Crippen LogP contribution in [0.15, 0.2) is 48.7 Å². The molecule has 0 bridgehead atoms. The minimum absolute atomic E-state index is 0.864. The van der Waals surface area contributed by atoms with Crippen molar-refractivity contribution < 1.29 is 4.74 Å². The first kappa shape index (κ1) is 10.4. The predicted molar refractivity (Wildman–Crippen MR) is 66.2 cm³/mol. The minimum Gasteiger partial charge on any atom is -0.497 e. The van der Waals surface area contributed by atoms with Crippen LogP contribution in [-0.4, -0.2) is 12.1 Å². The molecule has 1 aromatic carbocycles. The quantitative estimate of drug-likeness (QED) is 0.777. The first-order valence-corrected chi connectivity index (χ1v) is 5.11. The van der Waals surface area contributed by atoms with Gasteiger partial charge in [-0.15, -0.1) is 0 Å². The van der Waals surface area contributed by atoms with Crippen LogP contribution in [0.5, 0.6) is 5.75 Å². The number of ether oxygens (including phenoxy) is 1. The first-order chi connectivity index (χ1) is 7.88. The number of pyridine rings is 1. The topological polar surface area (TPSA) is 22.1 Å². The Morgan fingerprint density at radius 3 is 2.75 bits per heavy atom. The van der Waals surface area contributed by atoms with E-state index in [-0.39, 0.29) is 0 Å². The lowest BCUT2D eigenvalue weighted by molar-refractivity contribution is 0.414. The van der Waals surface area contributed by atoms with Crippen LogP contribution in [0.1, 0.15) is 11.3 Å². The van der Waals surface area contributed by atoms with Crippen LogP contribution in [0.3, 0.4) is 0 Å². The lowest BCUT2D eigenvalue weighted by atomic mass is 10.2. The maximum atomic E-state index is 5.16. The van der Waals surface area contributed by atoms with E-state index in [1.165, 1.54) is 0 Å². The third kappa shape index (κ3) is 2.70. The summed E-state index contributed by atoms with van der Waals surface area (Å²) in [5.41, 5.74) is 2.05. The summed E-state index contributed by atoms with van der Waals surface area (Å²) in [5, 5.41) is 0. The standard InChI is InChI=1S/C14H13NO/c1-16-14-7-4-5-12(11-14)8-9-13-6-2-3-10-15-13/h2-11H,1H3/b9-8+. The Morgan fingerprint density at radius 2 is 2.00 bits per heavy atom. The summed E-state index contributed by atoms with van der Waals surface area (Å²) in [6.45, 7) is 0. The third-order valence-electron chi connectivity index (χ3n) is 2.23. The molecule has 80 valence electrons. The molecule has 0 radical (unpaired) electrons. The van der Waals surface area contributed by atoms with E-state index in [2.05, 4.69) is 4.98 Å². The molecule has 2 aromatic rings. The van der Waals surface area contributed by atoms with Crippen LogP contribution in [0.2, 0.25) is 0 Å². The van der Waals surface area contributed by atoms with Gasteiger partial charge >= 0.3 is 0 Å². The van der Waals surface area contributed by atoms with Crippen LogP contribution in [-0.2, 0) is 0 Å². The molecular weight excluding hydrogens is 198 g/mol. The SMILES string of the molecule is COc1cccc(/C=C/c2ccccn2)c1. The van der Waals surface area contributed by atoms with Gasteiger partial charge in [0.05, 0.1) is 12.8 Å². The number of nitrogens with zero attached hydrogens (tertiary/aromatic N) is 1. The van der Waals surface area contributed by atoms with E-state index in [1.807, 2.05) is 54.6 Å². The Balaban J connectivity index is 2.17. The van der Waals surface area contributed by atoms with Gasteiger partial charge in [0.1, 0.15) is 5.75 Å². The molecule has 2 heteroatoms. The molecule has 0 unspecified atom stereocenters. The van der Waals surface area contributed by atoms with Crippen molar-refractivity contribution in [1.82, 2.24) is 4.98 Å². The fourth-order valence-corrected chi connectivity index (χ4v) is 1.40. The third-order valence-corrected chi connectivity index (χ3v) is 2.23. The minimum atomic E-state index is 0.864. The molecule has 0 atom stereocenters. The highest BCUT2D eigenvalue weighted by molar-refractivity contribution is 5.68. The second-order valence-corrected chi connectivity index (χ2v) is 3.36. The fraction of sp³-hybridized carbons (Fsp3) is 0.0714. The molecule has 1 aromatic heterocycles. The van der Waals surface area contributed by atoms with Gasteiger partial charge in [-0.05, 0) is 35.9 Å². The van der Waals surface area contributed by atoms with E-state index in [9.17, 15) is 0 Å². The maximum Gasteiger partial charge on any atom is 0.119 e. The van der Waals surface area contributed by atoms with Crippen LogP contribution >= 0.6 is 0 Å². The molecule has 0 saturated heterocycles. The summed E-state index contributed by atoms with van der Waals surface area (Å²) in [7, 11) is 1.67. The largest absolute Gasteiger partial charge is 0.497 e.